The smallest absolute Gasteiger partial charge is 0.371 e. The average Bonchev–Trinajstić information content (AvgIpc) is 2.40. The van der Waals surface area contributed by atoms with Crippen LogP contribution < -0.4 is 0 Å². The standard InChI is InChI=1S/C10H13FO3/c1-13-8-7(11)9(12)14-10(8)5-3-2-4-6-10/h2-6H2,1H3. The van der Waals surface area contributed by atoms with E-state index in [1.54, 1.807) is 0 Å². The minimum Gasteiger partial charge on any atom is -0.494 e. The summed E-state index contributed by atoms with van der Waals surface area (Å²) in [5.74, 6) is -1.62. The van der Waals surface area contributed by atoms with Crippen molar-refractivity contribution in [2.75, 3.05) is 7.11 Å². The van der Waals surface area contributed by atoms with Gasteiger partial charge in [-0.25, -0.2) is 4.79 Å². The fourth-order valence-corrected chi connectivity index (χ4v) is 2.29. The van der Waals surface area contributed by atoms with Gasteiger partial charge in [0.2, 0.25) is 5.83 Å². The molecule has 0 atom stereocenters. The number of esters is 1. The first kappa shape index (κ1) is 9.49. The number of carbonyl (C=O) groups excluding carboxylic acids is 1. The second-order valence-electron chi connectivity index (χ2n) is 3.79. The fraction of sp³-hybridized carbons (Fsp3) is 0.700. The molecule has 0 N–H and O–H groups in total. The molecule has 4 heteroatoms. The van der Waals surface area contributed by atoms with E-state index in [-0.39, 0.29) is 5.76 Å². The van der Waals surface area contributed by atoms with Gasteiger partial charge < -0.3 is 9.47 Å². The van der Waals surface area contributed by atoms with Crippen LogP contribution in [0, 0.1) is 0 Å². The Labute approximate surface area is 81.9 Å². The van der Waals surface area contributed by atoms with Gasteiger partial charge in [-0.15, -0.1) is 0 Å². The normalized spacial score (nSPS) is 25.4. The Hall–Kier alpha value is -1.06. The number of ether oxygens (including phenoxy) is 2. The van der Waals surface area contributed by atoms with Crippen molar-refractivity contribution in [3.05, 3.63) is 11.6 Å². The van der Waals surface area contributed by atoms with Crippen LogP contribution in [0.2, 0.25) is 0 Å². The van der Waals surface area contributed by atoms with Crippen LogP contribution in [0.5, 0.6) is 0 Å². The third-order valence-electron chi connectivity index (χ3n) is 2.95. The van der Waals surface area contributed by atoms with E-state index in [9.17, 15) is 9.18 Å². The minimum atomic E-state index is -0.872. The van der Waals surface area contributed by atoms with Crippen molar-refractivity contribution in [3.8, 4) is 0 Å². The molecule has 1 aliphatic heterocycles. The lowest BCUT2D eigenvalue weighted by Crippen LogP contribution is -2.35. The van der Waals surface area contributed by atoms with Gasteiger partial charge in [-0.2, -0.15) is 4.39 Å². The molecule has 3 nitrogen and oxygen atoms in total. The number of rotatable bonds is 1. The summed E-state index contributed by atoms with van der Waals surface area (Å²) in [5.41, 5.74) is -0.784. The SMILES string of the molecule is COC1=C(F)C(=O)OC12CCCCC2. The van der Waals surface area contributed by atoms with Crippen LogP contribution in [0.15, 0.2) is 11.6 Å². The first-order valence-electron chi connectivity index (χ1n) is 4.87. The van der Waals surface area contributed by atoms with E-state index in [1.807, 2.05) is 0 Å². The highest BCUT2D eigenvalue weighted by Gasteiger charge is 2.50. The Morgan fingerprint density at radius 1 is 1.36 bits per heavy atom. The molecule has 0 unspecified atom stereocenters. The highest BCUT2D eigenvalue weighted by atomic mass is 19.1. The fourth-order valence-electron chi connectivity index (χ4n) is 2.29. The highest BCUT2D eigenvalue weighted by Crippen LogP contribution is 2.44. The highest BCUT2D eigenvalue weighted by molar-refractivity contribution is 5.90. The van der Waals surface area contributed by atoms with Crippen LogP contribution >= 0.6 is 0 Å². The summed E-state index contributed by atoms with van der Waals surface area (Å²) in [6, 6.07) is 0. The number of halogens is 1. The largest absolute Gasteiger partial charge is 0.494 e. The lowest BCUT2D eigenvalue weighted by atomic mass is 9.83. The van der Waals surface area contributed by atoms with Gasteiger partial charge in [-0.05, 0) is 25.7 Å². The number of methoxy groups -OCH3 is 1. The van der Waals surface area contributed by atoms with Crippen molar-refractivity contribution in [2.24, 2.45) is 0 Å². The van der Waals surface area contributed by atoms with E-state index in [4.69, 9.17) is 9.47 Å². The lowest BCUT2D eigenvalue weighted by molar-refractivity contribution is -0.152. The number of hydrogen-bond acceptors (Lipinski definition) is 3. The first-order chi connectivity index (χ1) is 6.69. The van der Waals surface area contributed by atoms with E-state index in [1.165, 1.54) is 7.11 Å². The van der Waals surface area contributed by atoms with Crippen LogP contribution in [-0.2, 0) is 14.3 Å². The molecule has 0 bridgehead atoms. The zero-order valence-electron chi connectivity index (χ0n) is 8.14. The van der Waals surface area contributed by atoms with Crippen molar-refractivity contribution < 1.29 is 18.7 Å². The molecule has 1 spiro atoms. The maximum atomic E-state index is 13.3. The molecule has 2 aliphatic rings. The van der Waals surface area contributed by atoms with Gasteiger partial charge in [0.15, 0.2) is 11.4 Å². The molecule has 14 heavy (non-hydrogen) atoms. The molecule has 0 aromatic heterocycles. The van der Waals surface area contributed by atoms with Crippen LogP contribution in [0.1, 0.15) is 32.1 Å². The summed E-state index contributed by atoms with van der Waals surface area (Å²) in [5, 5.41) is 0. The van der Waals surface area contributed by atoms with E-state index < -0.39 is 17.4 Å². The Balaban J connectivity index is 2.32. The molecule has 1 aliphatic carbocycles. The summed E-state index contributed by atoms with van der Waals surface area (Å²) in [7, 11) is 1.38. The van der Waals surface area contributed by atoms with Crippen LogP contribution in [0.3, 0.4) is 0 Å². The molecule has 0 amide bonds. The molecule has 78 valence electrons. The van der Waals surface area contributed by atoms with Gasteiger partial charge in [0, 0.05) is 0 Å². The van der Waals surface area contributed by atoms with Crippen LogP contribution in [0.25, 0.3) is 0 Å². The predicted octanol–water partition coefficient (Wildman–Crippen LogP) is 2.07. The van der Waals surface area contributed by atoms with Gasteiger partial charge in [0.05, 0.1) is 7.11 Å². The Kier molecular flexibility index (Phi) is 2.21. The monoisotopic (exact) mass is 200 g/mol. The van der Waals surface area contributed by atoms with Gasteiger partial charge in [-0.3, -0.25) is 0 Å². The van der Waals surface area contributed by atoms with Crippen molar-refractivity contribution in [2.45, 2.75) is 37.7 Å². The maximum absolute atomic E-state index is 13.3. The Morgan fingerprint density at radius 3 is 2.57 bits per heavy atom. The Bertz CT molecular complexity index is 290. The molecule has 0 aromatic rings. The second-order valence-corrected chi connectivity index (χ2v) is 3.79. The third kappa shape index (κ3) is 1.21. The van der Waals surface area contributed by atoms with Gasteiger partial charge >= 0.3 is 5.97 Å². The van der Waals surface area contributed by atoms with E-state index in [0.29, 0.717) is 12.8 Å². The second kappa shape index (κ2) is 3.26. The topological polar surface area (TPSA) is 35.5 Å². The summed E-state index contributed by atoms with van der Waals surface area (Å²) in [4.78, 5) is 11.1. The average molecular weight is 200 g/mol. The van der Waals surface area contributed by atoms with Crippen molar-refractivity contribution in [3.63, 3.8) is 0 Å². The van der Waals surface area contributed by atoms with E-state index in [2.05, 4.69) is 0 Å². The molecular formula is C10H13FO3. The van der Waals surface area contributed by atoms with Crippen LogP contribution in [0.4, 0.5) is 4.39 Å². The zero-order chi connectivity index (χ0) is 10.2. The summed E-state index contributed by atoms with van der Waals surface area (Å²) in [6.07, 6.45) is 4.36. The number of carbonyl (C=O) groups is 1. The molecule has 1 heterocycles. The molecular weight excluding hydrogens is 187 g/mol. The molecule has 1 saturated carbocycles. The van der Waals surface area contributed by atoms with Crippen molar-refractivity contribution in [1.82, 2.24) is 0 Å². The molecule has 0 radical (unpaired) electrons. The molecule has 2 rings (SSSR count). The van der Waals surface area contributed by atoms with E-state index in [0.717, 1.165) is 19.3 Å². The summed E-state index contributed by atoms with van der Waals surface area (Å²) >= 11 is 0. The molecule has 0 saturated heterocycles. The molecule has 1 fully saturated rings. The lowest BCUT2D eigenvalue weighted by Gasteiger charge is -2.32. The summed E-state index contributed by atoms with van der Waals surface area (Å²) < 4.78 is 23.3. The van der Waals surface area contributed by atoms with Gasteiger partial charge in [0.25, 0.3) is 0 Å². The van der Waals surface area contributed by atoms with Crippen LogP contribution in [-0.4, -0.2) is 18.7 Å². The predicted molar refractivity (Wildman–Crippen MR) is 47.1 cm³/mol. The maximum Gasteiger partial charge on any atom is 0.371 e. The van der Waals surface area contributed by atoms with Crippen molar-refractivity contribution >= 4 is 5.97 Å². The first-order valence-corrected chi connectivity index (χ1v) is 4.87. The zero-order valence-corrected chi connectivity index (χ0v) is 8.14. The quantitative estimate of drug-likeness (QED) is 0.608. The summed E-state index contributed by atoms with van der Waals surface area (Å²) in [6.45, 7) is 0. The van der Waals surface area contributed by atoms with Gasteiger partial charge in [-0.1, -0.05) is 6.42 Å². The van der Waals surface area contributed by atoms with Crippen molar-refractivity contribution in [1.29, 1.82) is 0 Å². The van der Waals surface area contributed by atoms with Gasteiger partial charge in [0.1, 0.15) is 0 Å². The number of hydrogen-bond donors (Lipinski definition) is 0. The minimum absolute atomic E-state index is 0.0993. The van der Waals surface area contributed by atoms with E-state index >= 15 is 0 Å². The Morgan fingerprint density at radius 2 is 2.00 bits per heavy atom. The molecule has 0 aromatic carbocycles. The third-order valence-corrected chi connectivity index (χ3v) is 2.95.